The lowest BCUT2D eigenvalue weighted by Gasteiger charge is -2.15. The topological polar surface area (TPSA) is 128 Å². The van der Waals surface area contributed by atoms with Crippen LogP contribution in [0, 0.1) is 0 Å². The third kappa shape index (κ3) is 6.66. The van der Waals surface area contributed by atoms with Gasteiger partial charge in [0, 0.05) is 28.9 Å². The Bertz CT molecular complexity index is 1130. The average Bonchev–Trinajstić information content (AvgIpc) is 2.78. The van der Waals surface area contributed by atoms with E-state index in [0.29, 0.717) is 16.1 Å². The Kier molecular flexibility index (Phi) is 8.45. The van der Waals surface area contributed by atoms with Gasteiger partial charge in [-0.25, -0.2) is 19.9 Å². The van der Waals surface area contributed by atoms with E-state index >= 15 is 0 Å². The average molecular weight is 497 g/mol. The summed E-state index contributed by atoms with van der Waals surface area (Å²) in [7, 11) is -3.82. The number of nitrogens with one attached hydrogen (secondary N) is 2. The molecular weight excluding hydrogens is 476 g/mol. The zero-order valence-electron chi connectivity index (χ0n) is 17.3. The van der Waals surface area contributed by atoms with E-state index in [1.807, 2.05) is 6.26 Å². The fourth-order valence-corrected chi connectivity index (χ4v) is 3.85. The molecule has 13 heteroatoms. The number of ether oxygens (including phenoxy) is 2. The van der Waals surface area contributed by atoms with Gasteiger partial charge in [0.25, 0.3) is 10.2 Å². The highest BCUT2D eigenvalue weighted by Crippen LogP contribution is 2.34. The van der Waals surface area contributed by atoms with Gasteiger partial charge >= 0.3 is 6.01 Å². The van der Waals surface area contributed by atoms with Crippen molar-refractivity contribution in [2.24, 2.45) is 0 Å². The van der Waals surface area contributed by atoms with Gasteiger partial charge < -0.3 is 9.47 Å². The molecule has 10 nitrogen and oxygen atoms in total. The number of aromatic nitrogens is 4. The SMILES string of the molecule is CCNS(=O)(=O)Nc1ncnc(OCCOc2ncc(SC)cn2)c1-c1ccc(Cl)cc1. The highest BCUT2D eigenvalue weighted by molar-refractivity contribution is 7.98. The van der Waals surface area contributed by atoms with Crippen molar-refractivity contribution in [3.8, 4) is 23.0 Å². The Balaban J connectivity index is 1.79. The summed E-state index contributed by atoms with van der Waals surface area (Å²) in [5.41, 5.74) is 0.988. The molecule has 2 heterocycles. The van der Waals surface area contributed by atoms with Crippen molar-refractivity contribution in [2.75, 3.05) is 30.7 Å². The Hall–Kier alpha value is -2.67. The van der Waals surface area contributed by atoms with Gasteiger partial charge in [-0.15, -0.1) is 11.8 Å². The quantitative estimate of drug-likeness (QED) is 0.304. The van der Waals surface area contributed by atoms with E-state index in [1.165, 1.54) is 18.1 Å². The van der Waals surface area contributed by atoms with E-state index in [9.17, 15) is 8.42 Å². The van der Waals surface area contributed by atoms with Crippen LogP contribution in [0.15, 0.2) is 47.9 Å². The van der Waals surface area contributed by atoms with Crippen molar-refractivity contribution in [3.63, 3.8) is 0 Å². The minimum absolute atomic E-state index is 0.0650. The van der Waals surface area contributed by atoms with Crippen LogP contribution in [0.1, 0.15) is 6.92 Å². The van der Waals surface area contributed by atoms with Crippen molar-refractivity contribution in [1.29, 1.82) is 0 Å². The number of nitrogens with zero attached hydrogens (tertiary/aromatic N) is 4. The molecule has 3 aromatic rings. The van der Waals surface area contributed by atoms with Gasteiger partial charge in [-0.1, -0.05) is 30.7 Å². The molecule has 32 heavy (non-hydrogen) atoms. The van der Waals surface area contributed by atoms with E-state index < -0.39 is 10.2 Å². The molecule has 1 aromatic carbocycles. The molecule has 0 radical (unpaired) electrons. The lowest BCUT2D eigenvalue weighted by atomic mass is 10.1. The number of benzene rings is 1. The van der Waals surface area contributed by atoms with E-state index in [0.717, 1.165) is 4.90 Å². The number of halogens is 1. The van der Waals surface area contributed by atoms with Gasteiger partial charge in [-0.05, 0) is 24.0 Å². The first-order valence-electron chi connectivity index (χ1n) is 9.42. The van der Waals surface area contributed by atoms with Crippen LogP contribution in [-0.4, -0.2) is 54.4 Å². The first kappa shape index (κ1) is 24.0. The standard InChI is InChI=1S/C19H21ClN6O4S2/c1-3-25-32(27,28)26-17-16(13-4-6-14(20)7-5-13)18(24-12-23-17)29-8-9-30-19-21-10-15(31-2)11-22-19/h4-7,10-12,25H,3,8-9H2,1-2H3,(H,23,24,26). The fourth-order valence-electron chi connectivity index (χ4n) is 2.54. The summed E-state index contributed by atoms with van der Waals surface area (Å²) < 4.78 is 40.5. The Labute approximate surface area is 195 Å². The van der Waals surface area contributed by atoms with E-state index in [2.05, 4.69) is 29.4 Å². The maximum atomic E-state index is 12.2. The number of anilines is 1. The van der Waals surface area contributed by atoms with Crippen molar-refractivity contribution in [2.45, 2.75) is 11.8 Å². The molecule has 0 saturated heterocycles. The van der Waals surface area contributed by atoms with Gasteiger partial charge in [0.05, 0.1) is 5.56 Å². The van der Waals surface area contributed by atoms with E-state index in [-0.39, 0.29) is 37.5 Å². The van der Waals surface area contributed by atoms with Gasteiger partial charge in [0.15, 0.2) is 5.82 Å². The van der Waals surface area contributed by atoms with Crippen molar-refractivity contribution >= 4 is 39.4 Å². The summed E-state index contributed by atoms with van der Waals surface area (Å²) in [4.78, 5) is 17.4. The first-order valence-corrected chi connectivity index (χ1v) is 12.5. The second kappa shape index (κ2) is 11.3. The van der Waals surface area contributed by atoms with Crippen LogP contribution in [0.2, 0.25) is 5.02 Å². The van der Waals surface area contributed by atoms with Crippen molar-refractivity contribution in [1.82, 2.24) is 24.7 Å². The van der Waals surface area contributed by atoms with Gasteiger partial charge in [-0.3, -0.25) is 4.72 Å². The third-order valence-corrected chi connectivity index (χ3v) is 5.97. The lowest BCUT2D eigenvalue weighted by Crippen LogP contribution is -2.30. The largest absolute Gasteiger partial charge is 0.473 e. The van der Waals surface area contributed by atoms with Crippen LogP contribution in [0.5, 0.6) is 11.9 Å². The van der Waals surface area contributed by atoms with Crippen LogP contribution in [0.3, 0.4) is 0 Å². The number of rotatable bonds is 11. The molecule has 0 aliphatic carbocycles. The normalized spacial score (nSPS) is 11.2. The molecule has 2 aromatic heterocycles. The summed E-state index contributed by atoms with van der Waals surface area (Å²) in [6, 6.07) is 7.02. The molecular formula is C19H21ClN6O4S2. The summed E-state index contributed by atoms with van der Waals surface area (Å²) in [5, 5.41) is 0.531. The molecule has 0 aliphatic heterocycles. The predicted octanol–water partition coefficient (Wildman–Crippen LogP) is 3.03. The molecule has 0 spiro atoms. The second-order valence-corrected chi connectivity index (χ2v) is 8.93. The summed E-state index contributed by atoms with van der Waals surface area (Å²) in [6.45, 7) is 2.16. The lowest BCUT2D eigenvalue weighted by molar-refractivity contribution is 0.201. The van der Waals surface area contributed by atoms with Crippen LogP contribution >= 0.6 is 23.4 Å². The third-order valence-electron chi connectivity index (χ3n) is 3.90. The highest BCUT2D eigenvalue weighted by atomic mass is 35.5. The number of thioether (sulfide) groups is 1. The van der Waals surface area contributed by atoms with E-state index in [4.69, 9.17) is 21.1 Å². The van der Waals surface area contributed by atoms with Crippen LogP contribution < -0.4 is 18.9 Å². The number of hydrogen-bond donors (Lipinski definition) is 2. The molecule has 170 valence electrons. The molecule has 3 rings (SSSR count). The summed E-state index contributed by atoms with van der Waals surface area (Å²) >= 11 is 7.52. The van der Waals surface area contributed by atoms with Crippen molar-refractivity contribution < 1.29 is 17.9 Å². The Morgan fingerprint density at radius 3 is 2.38 bits per heavy atom. The number of hydrogen-bond acceptors (Lipinski definition) is 9. The predicted molar refractivity (Wildman–Crippen MR) is 124 cm³/mol. The highest BCUT2D eigenvalue weighted by Gasteiger charge is 2.19. The maximum absolute atomic E-state index is 12.2. The maximum Gasteiger partial charge on any atom is 0.316 e. The van der Waals surface area contributed by atoms with Gasteiger partial charge in [-0.2, -0.15) is 13.1 Å². The molecule has 2 N–H and O–H groups in total. The molecule has 0 amide bonds. The van der Waals surface area contributed by atoms with Crippen LogP contribution in [-0.2, 0) is 10.2 Å². The van der Waals surface area contributed by atoms with Crippen LogP contribution in [0.4, 0.5) is 5.82 Å². The van der Waals surface area contributed by atoms with Gasteiger partial charge in [0.1, 0.15) is 19.5 Å². The molecule has 0 aliphatic rings. The smallest absolute Gasteiger partial charge is 0.316 e. The molecule has 0 unspecified atom stereocenters. The molecule has 0 bridgehead atoms. The Morgan fingerprint density at radius 2 is 1.72 bits per heavy atom. The zero-order valence-corrected chi connectivity index (χ0v) is 19.7. The minimum Gasteiger partial charge on any atom is -0.473 e. The first-order chi connectivity index (χ1) is 15.4. The van der Waals surface area contributed by atoms with Crippen LogP contribution in [0.25, 0.3) is 11.1 Å². The molecule has 0 atom stereocenters. The van der Waals surface area contributed by atoms with Crippen molar-refractivity contribution in [3.05, 3.63) is 48.0 Å². The Morgan fingerprint density at radius 1 is 1.03 bits per heavy atom. The monoisotopic (exact) mass is 496 g/mol. The fraction of sp³-hybridized carbons (Fsp3) is 0.263. The second-order valence-electron chi connectivity index (χ2n) is 6.12. The minimum atomic E-state index is -3.82. The summed E-state index contributed by atoms with van der Waals surface area (Å²) in [6.07, 6.45) is 6.47. The summed E-state index contributed by atoms with van der Waals surface area (Å²) in [5.74, 6) is 0.244. The zero-order chi connectivity index (χ0) is 23.0. The van der Waals surface area contributed by atoms with Gasteiger partial charge in [0.2, 0.25) is 5.88 Å². The van der Waals surface area contributed by atoms with E-state index in [1.54, 1.807) is 43.6 Å². The molecule has 0 saturated carbocycles. The molecule has 0 fully saturated rings.